The van der Waals surface area contributed by atoms with Crippen molar-refractivity contribution in [1.29, 1.82) is 0 Å². The van der Waals surface area contributed by atoms with Crippen LogP contribution in [0.25, 0.3) is 12.2 Å². The van der Waals surface area contributed by atoms with Crippen LogP contribution < -0.4 is 0 Å². The summed E-state index contributed by atoms with van der Waals surface area (Å²) < 4.78 is 0. The molecule has 0 unspecified atom stereocenters. The van der Waals surface area contributed by atoms with Crippen LogP contribution >= 0.6 is 0 Å². The topological polar surface area (TPSA) is 81.1 Å². The molecule has 2 saturated heterocycles. The van der Waals surface area contributed by atoms with Crippen LogP contribution in [0.2, 0.25) is 0 Å². The van der Waals surface area contributed by atoms with Gasteiger partial charge >= 0.3 is 0 Å². The van der Waals surface area contributed by atoms with Gasteiger partial charge in [-0.05, 0) is 105 Å². The van der Waals surface area contributed by atoms with E-state index in [4.69, 9.17) is 0 Å². The van der Waals surface area contributed by atoms with Crippen molar-refractivity contribution in [3.05, 3.63) is 69.8 Å². The minimum Gasteiger partial charge on any atom is -0.507 e. The van der Waals surface area contributed by atoms with Gasteiger partial charge in [-0.1, -0.05) is 12.1 Å². The number of carbonyl (C=O) groups excluding carboxylic acids is 2. The first-order valence-corrected chi connectivity index (χ1v) is 13.4. The molecule has 6 heteroatoms. The molecular formula is C31H38N2O4. The number of phenolic OH excluding ortho intramolecular Hbond substituents is 2. The maximum absolute atomic E-state index is 12.6. The fraction of sp³-hybridized carbons (Fsp3) is 0.419. The molecule has 0 atom stereocenters. The zero-order valence-electron chi connectivity index (χ0n) is 22.0. The summed E-state index contributed by atoms with van der Waals surface area (Å²) in [6.07, 6.45) is 13.6. The summed E-state index contributed by atoms with van der Waals surface area (Å²) in [5.74, 6) is 0.306. The smallest absolute Gasteiger partial charge is 0.246 e. The summed E-state index contributed by atoms with van der Waals surface area (Å²) in [5.41, 5.74) is 4.69. The molecule has 2 aliphatic rings. The van der Waals surface area contributed by atoms with Crippen LogP contribution in [-0.2, 0) is 16.0 Å². The van der Waals surface area contributed by atoms with E-state index < -0.39 is 0 Å². The number of benzene rings is 2. The second kappa shape index (κ2) is 12.1. The Hall–Kier alpha value is -3.54. The number of carbonyl (C=O) groups is 2. The van der Waals surface area contributed by atoms with Gasteiger partial charge in [0.2, 0.25) is 11.8 Å². The normalized spacial score (nSPS) is 16.6. The van der Waals surface area contributed by atoms with Crippen LogP contribution in [0, 0.1) is 13.8 Å². The first-order valence-electron chi connectivity index (χ1n) is 13.4. The highest BCUT2D eigenvalue weighted by atomic mass is 16.3. The van der Waals surface area contributed by atoms with Crippen molar-refractivity contribution in [1.82, 2.24) is 9.80 Å². The maximum atomic E-state index is 12.6. The van der Waals surface area contributed by atoms with Crippen molar-refractivity contribution in [2.24, 2.45) is 0 Å². The zero-order valence-corrected chi connectivity index (χ0v) is 22.0. The number of phenols is 2. The van der Waals surface area contributed by atoms with E-state index >= 15 is 0 Å². The number of amides is 2. The zero-order chi connectivity index (χ0) is 26.4. The Morgan fingerprint density at radius 3 is 1.43 bits per heavy atom. The molecule has 2 fully saturated rings. The Morgan fingerprint density at radius 1 is 0.676 bits per heavy atom. The van der Waals surface area contributed by atoms with Crippen molar-refractivity contribution < 1.29 is 19.8 Å². The molecule has 2 heterocycles. The Morgan fingerprint density at radius 2 is 1.05 bits per heavy atom. The van der Waals surface area contributed by atoms with E-state index in [9.17, 15) is 19.8 Å². The first-order chi connectivity index (χ1) is 17.8. The summed E-state index contributed by atoms with van der Waals surface area (Å²) in [4.78, 5) is 28.8. The molecule has 2 N–H and O–H groups in total. The first kappa shape index (κ1) is 26.5. The van der Waals surface area contributed by atoms with Gasteiger partial charge in [0.05, 0.1) is 0 Å². The van der Waals surface area contributed by atoms with E-state index in [-0.39, 0.29) is 23.3 Å². The van der Waals surface area contributed by atoms with Gasteiger partial charge in [0.1, 0.15) is 11.5 Å². The number of aromatic hydroxyl groups is 2. The predicted octanol–water partition coefficient (Wildman–Crippen LogP) is 5.36. The van der Waals surface area contributed by atoms with E-state index in [1.54, 1.807) is 24.3 Å². The van der Waals surface area contributed by atoms with Crippen LogP contribution in [0.4, 0.5) is 0 Å². The second-order valence-corrected chi connectivity index (χ2v) is 10.3. The molecule has 2 aromatic carbocycles. The summed E-state index contributed by atoms with van der Waals surface area (Å²) in [6, 6.07) is 7.69. The number of hydrogen-bond acceptors (Lipinski definition) is 4. The van der Waals surface area contributed by atoms with Gasteiger partial charge < -0.3 is 20.0 Å². The number of aryl methyl sites for hydroxylation is 2. The third-order valence-electron chi connectivity index (χ3n) is 7.33. The number of piperidine rings is 2. The van der Waals surface area contributed by atoms with Crippen LogP contribution in [0.5, 0.6) is 11.5 Å². The molecule has 196 valence electrons. The minimum absolute atomic E-state index is 0.0214. The highest BCUT2D eigenvalue weighted by molar-refractivity contribution is 5.93. The summed E-state index contributed by atoms with van der Waals surface area (Å²) in [5, 5.41) is 21.2. The van der Waals surface area contributed by atoms with Gasteiger partial charge in [0, 0.05) is 49.5 Å². The highest BCUT2D eigenvalue weighted by Crippen LogP contribution is 2.30. The molecule has 2 amide bonds. The lowest BCUT2D eigenvalue weighted by Crippen LogP contribution is -2.34. The fourth-order valence-corrected chi connectivity index (χ4v) is 5.22. The average molecular weight is 503 g/mol. The molecule has 4 rings (SSSR count). The van der Waals surface area contributed by atoms with E-state index in [0.29, 0.717) is 17.5 Å². The minimum atomic E-state index is -0.0214. The highest BCUT2D eigenvalue weighted by Gasteiger charge is 2.16. The van der Waals surface area contributed by atoms with Gasteiger partial charge in [-0.2, -0.15) is 0 Å². The number of hydrogen-bond donors (Lipinski definition) is 2. The lowest BCUT2D eigenvalue weighted by Gasteiger charge is -2.25. The number of likely N-dealkylation sites (tertiary alicyclic amines) is 2. The van der Waals surface area contributed by atoms with Gasteiger partial charge in [0.15, 0.2) is 0 Å². The second-order valence-electron chi connectivity index (χ2n) is 10.3. The average Bonchev–Trinajstić information content (AvgIpc) is 2.91. The number of nitrogens with zero attached hydrogens (tertiary/aromatic N) is 2. The fourth-order valence-electron chi connectivity index (χ4n) is 5.22. The van der Waals surface area contributed by atoms with E-state index in [1.165, 1.54) is 12.8 Å². The molecule has 0 spiro atoms. The molecular weight excluding hydrogens is 464 g/mol. The predicted molar refractivity (Wildman–Crippen MR) is 147 cm³/mol. The van der Waals surface area contributed by atoms with E-state index in [1.807, 2.05) is 47.9 Å². The Kier molecular flexibility index (Phi) is 8.70. The number of rotatable bonds is 6. The van der Waals surface area contributed by atoms with Gasteiger partial charge in [-0.15, -0.1) is 0 Å². The van der Waals surface area contributed by atoms with Crippen LogP contribution in [0.3, 0.4) is 0 Å². The SMILES string of the molecule is Cc1cc(Cc2cc(C)c(O)c(/C=C/C(=O)N3CCCCC3)c2)cc(/C=C/C(=O)N2CCCCC2)c1O. The Balaban J connectivity index is 1.52. The molecule has 6 nitrogen and oxygen atoms in total. The Labute approximate surface area is 219 Å². The summed E-state index contributed by atoms with van der Waals surface area (Å²) in [7, 11) is 0. The van der Waals surface area contributed by atoms with Crippen molar-refractivity contribution >= 4 is 24.0 Å². The van der Waals surface area contributed by atoms with Crippen molar-refractivity contribution in [3.8, 4) is 11.5 Å². The van der Waals surface area contributed by atoms with Crippen LogP contribution in [0.15, 0.2) is 36.4 Å². The largest absolute Gasteiger partial charge is 0.507 e. The molecule has 2 aromatic rings. The summed E-state index contributed by atoms with van der Waals surface area (Å²) in [6.45, 7) is 6.85. The van der Waals surface area contributed by atoms with Gasteiger partial charge in [-0.25, -0.2) is 0 Å². The molecule has 2 aliphatic heterocycles. The molecule has 37 heavy (non-hydrogen) atoms. The van der Waals surface area contributed by atoms with Crippen LogP contribution in [0.1, 0.15) is 71.9 Å². The van der Waals surface area contributed by atoms with E-state index in [0.717, 1.165) is 74.1 Å². The molecule has 0 radical (unpaired) electrons. The Bertz CT molecular complexity index is 1110. The maximum Gasteiger partial charge on any atom is 0.246 e. The van der Waals surface area contributed by atoms with Gasteiger partial charge in [0.25, 0.3) is 0 Å². The lowest BCUT2D eigenvalue weighted by atomic mass is 9.96. The quantitative estimate of drug-likeness (QED) is 0.522. The monoisotopic (exact) mass is 502 g/mol. The standard InChI is InChI=1S/C31H38N2O4/c1-22-17-24(20-26(30(22)36)9-11-28(34)32-13-5-3-6-14-32)19-25-18-23(2)31(37)27(21-25)10-12-29(35)33-15-7-4-8-16-33/h9-12,17-18,20-21,36-37H,3-8,13-16,19H2,1-2H3/b11-9+,12-10+. The van der Waals surface area contributed by atoms with Crippen molar-refractivity contribution in [2.45, 2.75) is 58.8 Å². The third kappa shape index (κ3) is 6.82. The molecule has 0 bridgehead atoms. The molecule has 0 saturated carbocycles. The molecule has 0 aliphatic carbocycles. The van der Waals surface area contributed by atoms with Crippen molar-refractivity contribution in [2.75, 3.05) is 26.2 Å². The molecule has 0 aromatic heterocycles. The van der Waals surface area contributed by atoms with Gasteiger partial charge in [-0.3, -0.25) is 9.59 Å². The third-order valence-corrected chi connectivity index (χ3v) is 7.33. The summed E-state index contributed by atoms with van der Waals surface area (Å²) >= 11 is 0. The van der Waals surface area contributed by atoms with Crippen molar-refractivity contribution in [3.63, 3.8) is 0 Å². The van der Waals surface area contributed by atoms with Crippen LogP contribution in [-0.4, -0.2) is 58.0 Å². The van der Waals surface area contributed by atoms with E-state index in [2.05, 4.69) is 0 Å². The lowest BCUT2D eigenvalue weighted by molar-refractivity contribution is -0.127.